The highest BCUT2D eigenvalue weighted by molar-refractivity contribution is 5.96. The number of ketones is 1. The molecule has 0 amide bonds. The van der Waals surface area contributed by atoms with Crippen LogP contribution in [-0.4, -0.2) is 25.1 Å². The molecule has 0 bridgehead atoms. The van der Waals surface area contributed by atoms with E-state index in [9.17, 15) is 4.79 Å². The van der Waals surface area contributed by atoms with Crippen LogP contribution in [0.25, 0.3) is 0 Å². The number of hydrogen-bond donors (Lipinski definition) is 0. The number of benzene rings is 1. The van der Waals surface area contributed by atoms with E-state index in [2.05, 4.69) is 0 Å². The Bertz CT molecular complexity index is 449. The maximum absolute atomic E-state index is 12.1. The first-order valence-electron chi connectivity index (χ1n) is 6.36. The normalized spacial score (nSPS) is 14.2. The molecule has 0 aliphatic carbocycles. The Morgan fingerprint density at radius 1 is 1.44 bits per heavy atom. The van der Waals surface area contributed by atoms with Crippen molar-refractivity contribution < 1.29 is 14.3 Å². The zero-order valence-corrected chi connectivity index (χ0v) is 11.3. The highest BCUT2D eigenvalue weighted by Crippen LogP contribution is 2.27. The fourth-order valence-electron chi connectivity index (χ4n) is 2.02. The van der Waals surface area contributed by atoms with Crippen LogP contribution in [0, 0.1) is 0 Å². The molecular formula is C15H20O3. The van der Waals surface area contributed by atoms with Gasteiger partial charge in [0.15, 0.2) is 5.78 Å². The first kappa shape index (κ1) is 13.1. The standard InChI is InChI=1S/C15H20O3/c1-15(2,17-3)8-6-13(16)11-4-5-14-12(10-11)7-9-18-14/h4-5,10H,6-9H2,1-3H3. The molecule has 1 aliphatic rings. The molecule has 0 unspecified atom stereocenters. The van der Waals surface area contributed by atoms with Crippen LogP contribution in [0.2, 0.25) is 0 Å². The van der Waals surface area contributed by atoms with Gasteiger partial charge in [-0.15, -0.1) is 0 Å². The number of hydrogen-bond acceptors (Lipinski definition) is 3. The highest BCUT2D eigenvalue weighted by Gasteiger charge is 2.20. The lowest BCUT2D eigenvalue weighted by atomic mass is 9.96. The molecule has 1 aromatic rings. The number of ether oxygens (including phenoxy) is 2. The predicted octanol–water partition coefficient (Wildman–Crippen LogP) is 3.01. The van der Waals surface area contributed by atoms with E-state index in [0.717, 1.165) is 36.3 Å². The van der Waals surface area contributed by atoms with Crippen molar-refractivity contribution in [3.05, 3.63) is 29.3 Å². The van der Waals surface area contributed by atoms with Crippen molar-refractivity contribution in [3.8, 4) is 5.75 Å². The monoisotopic (exact) mass is 248 g/mol. The van der Waals surface area contributed by atoms with Gasteiger partial charge in [0.25, 0.3) is 0 Å². The van der Waals surface area contributed by atoms with Gasteiger partial charge in [-0.25, -0.2) is 0 Å². The van der Waals surface area contributed by atoms with E-state index in [4.69, 9.17) is 9.47 Å². The molecule has 98 valence electrons. The van der Waals surface area contributed by atoms with Gasteiger partial charge in [0.05, 0.1) is 12.2 Å². The molecule has 0 fully saturated rings. The van der Waals surface area contributed by atoms with Crippen molar-refractivity contribution in [2.45, 2.75) is 38.7 Å². The largest absolute Gasteiger partial charge is 0.493 e. The van der Waals surface area contributed by atoms with E-state index in [1.54, 1.807) is 7.11 Å². The molecule has 3 heteroatoms. The molecule has 0 spiro atoms. The third-order valence-corrected chi connectivity index (χ3v) is 3.52. The van der Waals surface area contributed by atoms with Crippen molar-refractivity contribution in [3.63, 3.8) is 0 Å². The van der Waals surface area contributed by atoms with Crippen molar-refractivity contribution in [1.29, 1.82) is 0 Å². The van der Waals surface area contributed by atoms with Gasteiger partial charge in [-0.1, -0.05) is 0 Å². The summed E-state index contributed by atoms with van der Waals surface area (Å²) >= 11 is 0. The fourth-order valence-corrected chi connectivity index (χ4v) is 2.02. The topological polar surface area (TPSA) is 35.5 Å². The molecule has 2 rings (SSSR count). The third-order valence-electron chi connectivity index (χ3n) is 3.52. The summed E-state index contributed by atoms with van der Waals surface area (Å²) in [4.78, 5) is 12.1. The molecular weight excluding hydrogens is 228 g/mol. The first-order chi connectivity index (χ1) is 8.52. The number of carbonyl (C=O) groups is 1. The van der Waals surface area contributed by atoms with Crippen LogP contribution in [-0.2, 0) is 11.2 Å². The molecule has 1 aromatic carbocycles. The van der Waals surface area contributed by atoms with Gasteiger partial charge in [-0.2, -0.15) is 0 Å². The van der Waals surface area contributed by atoms with Gasteiger partial charge < -0.3 is 9.47 Å². The van der Waals surface area contributed by atoms with Gasteiger partial charge in [0.1, 0.15) is 5.75 Å². The molecule has 0 aromatic heterocycles. The number of methoxy groups -OCH3 is 1. The van der Waals surface area contributed by atoms with Crippen LogP contribution in [0.4, 0.5) is 0 Å². The molecule has 0 N–H and O–H groups in total. The smallest absolute Gasteiger partial charge is 0.162 e. The Morgan fingerprint density at radius 2 is 2.22 bits per heavy atom. The Labute approximate surface area is 108 Å². The Hall–Kier alpha value is -1.35. The number of carbonyl (C=O) groups excluding carboxylic acids is 1. The minimum absolute atomic E-state index is 0.176. The summed E-state index contributed by atoms with van der Waals surface area (Å²) in [6.07, 6.45) is 2.15. The van der Waals surface area contributed by atoms with Gasteiger partial charge in [0, 0.05) is 25.5 Å². The van der Waals surface area contributed by atoms with E-state index in [0.29, 0.717) is 6.42 Å². The lowest BCUT2D eigenvalue weighted by molar-refractivity contribution is 0.0141. The van der Waals surface area contributed by atoms with E-state index < -0.39 is 0 Å². The second kappa shape index (κ2) is 5.11. The SMILES string of the molecule is COC(C)(C)CCC(=O)c1ccc2c(c1)CCO2. The second-order valence-electron chi connectivity index (χ2n) is 5.31. The maximum atomic E-state index is 12.1. The molecule has 0 saturated carbocycles. The van der Waals surface area contributed by atoms with E-state index in [1.165, 1.54) is 0 Å². The Balaban J connectivity index is 2.01. The number of Topliss-reactive ketones (excluding diaryl/α,β-unsaturated/α-hetero) is 1. The Kier molecular flexibility index (Phi) is 3.71. The number of rotatable bonds is 5. The van der Waals surface area contributed by atoms with Gasteiger partial charge >= 0.3 is 0 Å². The van der Waals surface area contributed by atoms with Crippen molar-refractivity contribution >= 4 is 5.78 Å². The van der Waals surface area contributed by atoms with Crippen molar-refractivity contribution in [2.75, 3.05) is 13.7 Å². The van der Waals surface area contributed by atoms with Crippen LogP contribution in [0.1, 0.15) is 42.6 Å². The van der Waals surface area contributed by atoms with E-state index in [-0.39, 0.29) is 11.4 Å². The molecule has 0 radical (unpaired) electrons. The minimum Gasteiger partial charge on any atom is -0.493 e. The summed E-state index contributed by atoms with van der Waals surface area (Å²) in [5.41, 5.74) is 1.69. The fraction of sp³-hybridized carbons (Fsp3) is 0.533. The van der Waals surface area contributed by atoms with Crippen molar-refractivity contribution in [2.24, 2.45) is 0 Å². The van der Waals surface area contributed by atoms with Crippen LogP contribution in [0.15, 0.2) is 18.2 Å². The molecule has 1 heterocycles. The zero-order valence-electron chi connectivity index (χ0n) is 11.3. The molecule has 0 saturated heterocycles. The minimum atomic E-state index is -0.241. The highest BCUT2D eigenvalue weighted by atomic mass is 16.5. The van der Waals surface area contributed by atoms with Crippen LogP contribution < -0.4 is 4.74 Å². The van der Waals surface area contributed by atoms with E-state index >= 15 is 0 Å². The van der Waals surface area contributed by atoms with Gasteiger partial charge in [-0.3, -0.25) is 4.79 Å². The van der Waals surface area contributed by atoms with Crippen LogP contribution in [0.5, 0.6) is 5.75 Å². The summed E-state index contributed by atoms with van der Waals surface area (Å²) in [6.45, 7) is 4.72. The lowest BCUT2D eigenvalue weighted by Crippen LogP contribution is -2.23. The van der Waals surface area contributed by atoms with Crippen molar-refractivity contribution in [1.82, 2.24) is 0 Å². The summed E-state index contributed by atoms with van der Waals surface area (Å²) in [5.74, 6) is 1.10. The molecule has 1 aliphatic heterocycles. The molecule has 3 nitrogen and oxygen atoms in total. The van der Waals surface area contributed by atoms with Crippen LogP contribution >= 0.6 is 0 Å². The third kappa shape index (κ3) is 2.91. The first-order valence-corrected chi connectivity index (χ1v) is 6.36. The predicted molar refractivity (Wildman–Crippen MR) is 70.3 cm³/mol. The summed E-state index contributed by atoms with van der Waals surface area (Å²) in [6, 6.07) is 5.72. The summed E-state index contributed by atoms with van der Waals surface area (Å²) in [5, 5.41) is 0. The summed E-state index contributed by atoms with van der Waals surface area (Å²) in [7, 11) is 1.68. The lowest BCUT2D eigenvalue weighted by Gasteiger charge is -2.22. The summed E-state index contributed by atoms with van der Waals surface area (Å²) < 4.78 is 10.8. The van der Waals surface area contributed by atoms with Gasteiger partial charge in [-0.05, 0) is 44.0 Å². The average Bonchev–Trinajstić information content (AvgIpc) is 2.83. The maximum Gasteiger partial charge on any atom is 0.162 e. The second-order valence-corrected chi connectivity index (χ2v) is 5.31. The quantitative estimate of drug-likeness (QED) is 0.751. The zero-order chi connectivity index (χ0) is 13.2. The van der Waals surface area contributed by atoms with Crippen LogP contribution in [0.3, 0.4) is 0 Å². The Morgan fingerprint density at radius 3 is 2.94 bits per heavy atom. The van der Waals surface area contributed by atoms with Gasteiger partial charge in [0.2, 0.25) is 0 Å². The average molecular weight is 248 g/mol. The molecule has 18 heavy (non-hydrogen) atoms. The molecule has 0 atom stereocenters. The number of fused-ring (bicyclic) bond motifs is 1. The van der Waals surface area contributed by atoms with E-state index in [1.807, 2.05) is 32.0 Å².